The van der Waals surface area contributed by atoms with Crippen molar-refractivity contribution in [1.29, 1.82) is 0 Å². The fourth-order valence-corrected chi connectivity index (χ4v) is 5.03. The number of benzene rings is 1. The number of nitrogens with one attached hydrogen (secondary N) is 3. The predicted octanol–water partition coefficient (Wildman–Crippen LogP) is 1.45. The molecular weight excluding hydrogens is 343 g/mol. The van der Waals surface area contributed by atoms with E-state index >= 15 is 0 Å². The third kappa shape index (κ3) is 4.50. The normalized spacial score (nSPS) is 20.1. The van der Waals surface area contributed by atoms with Gasteiger partial charge in [-0.1, -0.05) is 0 Å². The molecule has 0 aliphatic carbocycles. The van der Waals surface area contributed by atoms with Crippen molar-refractivity contribution in [3.63, 3.8) is 0 Å². The largest absolute Gasteiger partial charge is 0.361 e. The third-order valence-electron chi connectivity index (χ3n) is 4.52. The number of aromatic nitrogens is 1. The van der Waals surface area contributed by atoms with Gasteiger partial charge in [0.15, 0.2) is 15.8 Å². The zero-order chi connectivity index (χ0) is 17.9. The van der Waals surface area contributed by atoms with E-state index in [9.17, 15) is 12.8 Å². The smallest absolute Gasteiger partial charge is 0.190 e. The van der Waals surface area contributed by atoms with Crippen LogP contribution in [-0.4, -0.2) is 51.0 Å². The van der Waals surface area contributed by atoms with Crippen molar-refractivity contribution in [3.05, 3.63) is 35.8 Å². The molecule has 1 atom stereocenters. The average molecular weight is 366 g/mol. The van der Waals surface area contributed by atoms with Crippen LogP contribution >= 0.6 is 0 Å². The van der Waals surface area contributed by atoms with Crippen molar-refractivity contribution in [2.24, 2.45) is 10.9 Å². The number of nitrogens with zero attached hydrogens (tertiary/aromatic N) is 1. The maximum atomic E-state index is 13.4. The number of aliphatic imine (C=N–C) groups is 1. The molecule has 0 saturated carbocycles. The molecule has 0 bridgehead atoms. The molecule has 0 amide bonds. The Morgan fingerprint density at radius 3 is 2.96 bits per heavy atom. The number of aromatic amines is 1. The van der Waals surface area contributed by atoms with Crippen LogP contribution in [0.5, 0.6) is 0 Å². The summed E-state index contributed by atoms with van der Waals surface area (Å²) in [4.78, 5) is 7.30. The predicted molar refractivity (Wildman–Crippen MR) is 98.1 cm³/mol. The molecule has 0 radical (unpaired) electrons. The molecule has 6 nitrogen and oxygen atoms in total. The number of rotatable bonds is 5. The van der Waals surface area contributed by atoms with Gasteiger partial charge in [-0.15, -0.1) is 0 Å². The molecular formula is C17H23FN4O2S. The quantitative estimate of drug-likeness (QED) is 0.552. The van der Waals surface area contributed by atoms with Crippen LogP contribution in [0.1, 0.15) is 12.0 Å². The summed E-state index contributed by atoms with van der Waals surface area (Å²) < 4.78 is 36.4. The number of H-pyrrole nitrogens is 1. The van der Waals surface area contributed by atoms with Gasteiger partial charge >= 0.3 is 0 Å². The Morgan fingerprint density at radius 1 is 1.40 bits per heavy atom. The Kier molecular flexibility index (Phi) is 5.27. The van der Waals surface area contributed by atoms with Crippen molar-refractivity contribution in [1.82, 2.24) is 15.6 Å². The van der Waals surface area contributed by atoms with Crippen LogP contribution in [0, 0.1) is 11.7 Å². The second kappa shape index (κ2) is 7.43. The van der Waals surface area contributed by atoms with Crippen molar-refractivity contribution in [2.45, 2.75) is 12.8 Å². The van der Waals surface area contributed by atoms with Crippen molar-refractivity contribution in [3.8, 4) is 0 Å². The Bertz CT molecular complexity index is 876. The first-order chi connectivity index (χ1) is 12.0. The summed E-state index contributed by atoms with van der Waals surface area (Å²) in [6.45, 7) is 1.24. The van der Waals surface area contributed by atoms with Crippen LogP contribution in [-0.2, 0) is 16.3 Å². The van der Waals surface area contributed by atoms with Crippen molar-refractivity contribution >= 4 is 26.7 Å². The van der Waals surface area contributed by atoms with Gasteiger partial charge < -0.3 is 15.6 Å². The second-order valence-corrected chi connectivity index (χ2v) is 8.63. The first-order valence-corrected chi connectivity index (χ1v) is 10.2. The molecule has 1 aromatic carbocycles. The molecule has 3 rings (SSSR count). The topological polar surface area (TPSA) is 86.3 Å². The molecule has 3 N–H and O–H groups in total. The fraction of sp³-hybridized carbons (Fsp3) is 0.471. The number of hydrogen-bond acceptors (Lipinski definition) is 3. The highest BCUT2D eigenvalue weighted by Gasteiger charge is 2.27. The molecule has 1 fully saturated rings. The van der Waals surface area contributed by atoms with E-state index < -0.39 is 9.84 Å². The molecule has 136 valence electrons. The Hall–Kier alpha value is -2.09. The van der Waals surface area contributed by atoms with Crippen LogP contribution < -0.4 is 10.6 Å². The minimum absolute atomic E-state index is 0.139. The van der Waals surface area contributed by atoms with Crippen LogP contribution in [0.25, 0.3) is 10.9 Å². The number of halogens is 1. The van der Waals surface area contributed by atoms with Crippen LogP contribution in [0.3, 0.4) is 0 Å². The maximum absolute atomic E-state index is 13.4. The molecule has 8 heteroatoms. The number of guanidine groups is 1. The van der Waals surface area contributed by atoms with E-state index in [-0.39, 0.29) is 23.2 Å². The van der Waals surface area contributed by atoms with Gasteiger partial charge in [0.25, 0.3) is 0 Å². The minimum Gasteiger partial charge on any atom is -0.361 e. The highest BCUT2D eigenvalue weighted by molar-refractivity contribution is 7.91. The van der Waals surface area contributed by atoms with Gasteiger partial charge in [0, 0.05) is 37.2 Å². The van der Waals surface area contributed by atoms with E-state index in [1.54, 1.807) is 13.1 Å². The van der Waals surface area contributed by atoms with E-state index in [0.717, 1.165) is 22.9 Å². The van der Waals surface area contributed by atoms with E-state index in [2.05, 4.69) is 20.6 Å². The molecule has 1 saturated heterocycles. The lowest BCUT2D eigenvalue weighted by Crippen LogP contribution is -2.40. The fourth-order valence-electron chi connectivity index (χ4n) is 3.17. The molecule has 1 aromatic heterocycles. The summed E-state index contributed by atoms with van der Waals surface area (Å²) in [5.41, 5.74) is 1.96. The highest BCUT2D eigenvalue weighted by atomic mass is 32.2. The van der Waals surface area contributed by atoms with Gasteiger partial charge in [-0.2, -0.15) is 0 Å². The van der Waals surface area contributed by atoms with Crippen LogP contribution in [0.15, 0.2) is 29.4 Å². The lowest BCUT2D eigenvalue weighted by atomic mass is 10.1. The van der Waals surface area contributed by atoms with Gasteiger partial charge in [-0.05, 0) is 42.5 Å². The van der Waals surface area contributed by atoms with Crippen molar-refractivity contribution < 1.29 is 12.8 Å². The van der Waals surface area contributed by atoms with Crippen molar-refractivity contribution in [2.75, 3.05) is 31.6 Å². The Morgan fingerprint density at radius 2 is 2.24 bits per heavy atom. The SMILES string of the molecule is CN=C(NCCc1c[nH]c2ccc(F)cc12)NCC1CCS(=O)(=O)C1. The Labute approximate surface area is 146 Å². The summed E-state index contributed by atoms with van der Waals surface area (Å²) in [5, 5.41) is 7.29. The maximum Gasteiger partial charge on any atom is 0.190 e. The lowest BCUT2D eigenvalue weighted by molar-refractivity contribution is 0.567. The number of fused-ring (bicyclic) bond motifs is 1. The second-order valence-electron chi connectivity index (χ2n) is 6.40. The number of sulfone groups is 1. The van der Waals surface area contributed by atoms with Crippen LogP contribution in [0.2, 0.25) is 0 Å². The first-order valence-electron chi connectivity index (χ1n) is 8.37. The molecule has 2 aromatic rings. The first kappa shape index (κ1) is 17.7. The molecule has 25 heavy (non-hydrogen) atoms. The minimum atomic E-state index is -2.86. The van der Waals surface area contributed by atoms with E-state index in [4.69, 9.17) is 0 Å². The van der Waals surface area contributed by atoms with Gasteiger partial charge in [0.1, 0.15) is 5.82 Å². The van der Waals surface area contributed by atoms with Crippen LogP contribution in [0.4, 0.5) is 4.39 Å². The lowest BCUT2D eigenvalue weighted by Gasteiger charge is -2.14. The Balaban J connectivity index is 1.49. The van der Waals surface area contributed by atoms with Gasteiger partial charge in [0.2, 0.25) is 0 Å². The zero-order valence-corrected chi connectivity index (χ0v) is 15.0. The summed E-state index contributed by atoms with van der Waals surface area (Å²) in [6.07, 6.45) is 3.32. The van der Waals surface area contributed by atoms with E-state index in [1.165, 1.54) is 12.1 Å². The molecule has 1 aliphatic heterocycles. The van der Waals surface area contributed by atoms with Gasteiger partial charge in [-0.25, -0.2) is 12.8 Å². The summed E-state index contributed by atoms with van der Waals surface area (Å²) >= 11 is 0. The van der Waals surface area contributed by atoms with Gasteiger partial charge in [-0.3, -0.25) is 4.99 Å². The molecule has 0 spiro atoms. The van der Waals surface area contributed by atoms with E-state index in [1.807, 2.05) is 6.20 Å². The zero-order valence-electron chi connectivity index (χ0n) is 14.2. The third-order valence-corrected chi connectivity index (χ3v) is 6.36. The monoisotopic (exact) mass is 366 g/mol. The van der Waals surface area contributed by atoms with E-state index in [0.29, 0.717) is 25.5 Å². The molecule has 1 aliphatic rings. The summed E-state index contributed by atoms with van der Waals surface area (Å²) in [7, 11) is -1.17. The molecule has 1 unspecified atom stereocenters. The summed E-state index contributed by atoms with van der Waals surface area (Å²) in [5.74, 6) is 1.07. The highest BCUT2D eigenvalue weighted by Crippen LogP contribution is 2.19. The average Bonchev–Trinajstić information content (AvgIpc) is 3.13. The molecule has 2 heterocycles. The number of hydrogen-bond donors (Lipinski definition) is 3. The standard InChI is InChI=1S/C17H23FN4O2S/c1-19-17(22-9-12-5-7-25(23,24)11-12)20-6-4-13-10-21-16-3-2-14(18)8-15(13)16/h2-3,8,10,12,21H,4-7,9,11H2,1H3,(H2,19,20,22). The summed E-state index contributed by atoms with van der Waals surface area (Å²) in [6, 6.07) is 4.71. The van der Waals surface area contributed by atoms with Gasteiger partial charge in [0.05, 0.1) is 11.5 Å².